The standard InChI is InChI=1S/C29H36N2O7/c1-12(2)19-17-11-15-10-14-6-9-18(31-16-7-4-13(3)5-8-16)23(32)20(14)25(34)21(15)26(35)29(17,38)27(36)22(24(19)33)28(30)37/h6,9,12-13,15-17,19,31-32,34,36,38H,4-5,7-8,10-11H2,1-3H3,(H2,30,37)/t13?,15-,16?,17-,19-,29-/m0/s1. The molecular weight excluding hydrogens is 488 g/mol. The molecule has 2 fully saturated rings. The Morgan fingerprint density at radius 2 is 1.76 bits per heavy atom. The lowest BCUT2D eigenvalue weighted by Crippen LogP contribution is -2.62. The number of anilines is 1. The number of amides is 1. The van der Waals surface area contributed by atoms with Gasteiger partial charge in [0.1, 0.15) is 22.8 Å². The van der Waals surface area contributed by atoms with Gasteiger partial charge in [-0.2, -0.15) is 0 Å². The molecule has 0 heterocycles. The molecule has 4 aliphatic rings. The topological polar surface area (TPSA) is 170 Å². The monoisotopic (exact) mass is 524 g/mol. The Morgan fingerprint density at radius 1 is 1.11 bits per heavy atom. The Morgan fingerprint density at radius 3 is 2.37 bits per heavy atom. The van der Waals surface area contributed by atoms with Gasteiger partial charge >= 0.3 is 0 Å². The highest BCUT2D eigenvalue weighted by atomic mass is 16.3. The van der Waals surface area contributed by atoms with Crippen molar-refractivity contribution in [1.82, 2.24) is 0 Å². The molecule has 0 bridgehead atoms. The first-order valence-electron chi connectivity index (χ1n) is 13.5. The molecule has 5 rings (SSSR count). The first-order valence-corrected chi connectivity index (χ1v) is 13.5. The van der Waals surface area contributed by atoms with Crippen LogP contribution in [0.1, 0.15) is 64.0 Å². The van der Waals surface area contributed by atoms with Gasteiger partial charge in [-0.1, -0.05) is 26.8 Å². The van der Waals surface area contributed by atoms with Crippen molar-refractivity contribution in [1.29, 1.82) is 0 Å². The number of phenols is 1. The van der Waals surface area contributed by atoms with E-state index in [0.29, 0.717) is 23.6 Å². The highest BCUT2D eigenvalue weighted by molar-refractivity contribution is 6.23. The summed E-state index contributed by atoms with van der Waals surface area (Å²) in [6, 6.07) is 3.77. The SMILES string of the molecule is CC1CCC(Nc2ccc3c(c2O)C(O)=C2C(=O)[C@]4(O)C(O)=C(C(N)=O)C(=O)[C@@H](C(C)C)[C@@H]4C[C@@H]2C3)CC1. The van der Waals surface area contributed by atoms with Crippen molar-refractivity contribution in [3.63, 3.8) is 0 Å². The molecule has 4 atom stereocenters. The van der Waals surface area contributed by atoms with Crippen LogP contribution in [0.4, 0.5) is 5.69 Å². The number of hydrogen-bond acceptors (Lipinski definition) is 8. The third-order valence-corrected chi connectivity index (χ3v) is 9.22. The number of fused-ring (bicyclic) bond motifs is 3. The van der Waals surface area contributed by atoms with Gasteiger partial charge in [-0.3, -0.25) is 14.4 Å². The molecule has 38 heavy (non-hydrogen) atoms. The molecule has 2 saturated carbocycles. The quantitative estimate of drug-likeness (QED) is 0.257. The first-order chi connectivity index (χ1) is 17.9. The third-order valence-electron chi connectivity index (χ3n) is 9.22. The van der Waals surface area contributed by atoms with Crippen molar-refractivity contribution in [3.8, 4) is 5.75 Å². The zero-order valence-electron chi connectivity index (χ0n) is 22.0. The Kier molecular flexibility index (Phi) is 6.33. The molecule has 7 N–H and O–H groups in total. The van der Waals surface area contributed by atoms with Crippen molar-refractivity contribution in [3.05, 3.63) is 40.2 Å². The predicted molar refractivity (Wildman–Crippen MR) is 140 cm³/mol. The molecule has 9 heteroatoms. The summed E-state index contributed by atoms with van der Waals surface area (Å²) in [5.41, 5.74) is 3.11. The molecule has 1 aromatic carbocycles. The van der Waals surface area contributed by atoms with Gasteiger partial charge in [-0.15, -0.1) is 0 Å². The van der Waals surface area contributed by atoms with E-state index in [1.54, 1.807) is 19.9 Å². The number of aliphatic hydroxyl groups is 3. The van der Waals surface area contributed by atoms with Gasteiger partial charge in [0.15, 0.2) is 11.4 Å². The highest BCUT2D eigenvalue weighted by Crippen LogP contribution is 2.55. The fraction of sp³-hybridized carbons (Fsp3) is 0.552. The van der Waals surface area contributed by atoms with Gasteiger partial charge in [-0.05, 0) is 67.9 Å². The number of benzene rings is 1. The van der Waals surface area contributed by atoms with Gasteiger partial charge in [-0.25, -0.2) is 0 Å². The third kappa shape index (κ3) is 3.73. The summed E-state index contributed by atoms with van der Waals surface area (Å²) in [5.74, 6) is -6.76. The predicted octanol–water partition coefficient (Wildman–Crippen LogP) is 3.30. The number of Topliss-reactive ketones (excluding diaryl/α,β-unsaturated/α-hetero) is 2. The lowest BCUT2D eigenvalue weighted by molar-refractivity contribution is -0.155. The van der Waals surface area contributed by atoms with Gasteiger partial charge in [0.05, 0.1) is 11.3 Å². The number of nitrogens with two attached hydrogens (primary N) is 1. The number of rotatable bonds is 4. The number of aliphatic hydroxyl groups excluding tert-OH is 2. The molecule has 0 aromatic heterocycles. The zero-order chi connectivity index (χ0) is 27.7. The van der Waals surface area contributed by atoms with E-state index in [1.807, 2.05) is 6.07 Å². The highest BCUT2D eigenvalue weighted by Gasteiger charge is 2.64. The van der Waals surface area contributed by atoms with Crippen LogP contribution in [0.15, 0.2) is 29.0 Å². The van der Waals surface area contributed by atoms with Crippen molar-refractivity contribution < 1.29 is 34.8 Å². The summed E-state index contributed by atoms with van der Waals surface area (Å²) in [7, 11) is 0. The number of phenolic OH excluding ortho intramolecular Hbond substituents is 1. The van der Waals surface area contributed by atoms with Gasteiger partial charge in [0.2, 0.25) is 5.78 Å². The Bertz CT molecular complexity index is 1290. The summed E-state index contributed by atoms with van der Waals surface area (Å²) < 4.78 is 0. The van der Waals surface area contributed by atoms with Crippen LogP contribution in [0, 0.1) is 29.6 Å². The molecule has 204 valence electrons. The van der Waals surface area contributed by atoms with Gasteiger partial charge < -0.3 is 31.5 Å². The lowest BCUT2D eigenvalue weighted by Gasteiger charge is -2.50. The number of ketones is 2. The average molecular weight is 525 g/mol. The fourth-order valence-corrected chi connectivity index (χ4v) is 7.20. The van der Waals surface area contributed by atoms with E-state index in [-0.39, 0.29) is 35.3 Å². The fourth-order valence-electron chi connectivity index (χ4n) is 7.20. The Balaban J connectivity index is 1.59. The van der Waals surface area contributed by atoms with Crippen LogP contribution < -0.4 is 11.1 Å². The van der Waals surface area contributed by atoms with Gasteiger partial charge in [0, 0.05) is 23.5 Å². The van der Waals surface area contributed by atoms with Crippen LogP contribution in [-0.2, 0) is 20.8 Å². The minimum absolute atomic E-state index is 0.117. The average Bonchev–Trinajstić information content (AvgIpc) is 2.84. The van der Waals surface area contributed by atoms with Crippen molar-refractivity contribution in [2.24, 2.45) is 35.3 Å². The summed E-state index contributed by atoms with van der Waals surface area (Å²) in [4.78, 5) is 39.2. The Labute approximate surface area is 221 Å². The minimum Gasteiger partial charge on any atom is -0.508 e. The second-order valence-electron chi connectivity index (χ2n) is 11.9. The second-order valence-corrected chi connectivity index (χ2v) is 11.9. The lowest BCUT2D eigenvalue weighted by atomic mass is 9.54. The molecule has 0 aliphatic heterocycles. The van der Waals surface area contributed by atoms with Crippen LogP contribution in [0.2, 0.25) is 0 Å². The van der Waals surface area contributed by atoms with E-state index >= 15 is 0 Å². The van der Waals surface area contributed by atoms with Crippen molar-refractivity contribution in [2.45, 2.75) is 70.9 Å². The number of nitrogens with one attached hydrogen (secondary N) is 1. The second kappa shape index (κ2) is 9.15. The first kappa shape index (κ1) is 26.3. The smallest absolute Gasteiger partial charge is 0.255 e. The maximum Gasteiger partial charge on any atom is 0.255 e. The molecule has 4 aliphatic carbocycles. The summed E-state index contributed by atoms with van der Waals surface area (Å²) >= 11 is 0. The molecule has 0 unspecified atom stereocenters. The maximum atomic E-state index is 13.9. The van der Waals surface area contributed by atoms with Crippen LogP contribution >= 0.6 is 0 Å². The summed E-state index contributed by atoms with van der Waals surface area (Å²) in [6.07, 6.45) is 4.50. The maximum absolute atomic E-state index is 13.9. The van der Waals surface area contributed by atoms with Gasteiger partial charge in [0.25, 0.3) is 5.91 Å². The van der Waals surface area contributed by atoms with Crippen LogP contribution in [0.5, 0.6) is 5.75 Å². The normalized spacial score (nSPS) is 33.1. The van der Waals surface area contributed by atoms with E-state index in [9.17, 15) is 34.8 Å². The molecule has 1 amide bonds. The molecule has 1 aromatic rings. The van der Waals surface area contributed by atoms with E-state index in [1.165, 1.54) is 0 Å². The van der Waals surface area contributed by atoms with Crippen LogP contribution in [0.3, 0.4) is 0 Å². The molecule has 0 radical (unpaired) electrons. The zero-order valence-corrected chi connectivity index (χ0v) is 22.0. The van der Waals surface area contributed by atoms with Crippen LogP contribution in [0.25, 0.3) is 5.76 Å². The largest absolute Gasteiger partial charge is 0.508 e. The molecule has 0 spiro atoms. The summed E-state index contributed by atoms with van der Waals surface area (Å²) in [5, 5.41) is 48.6. The van der Waals surface area contributed by atoms with Crippen LogP contribution in [-0.4, -0.2) is 49.5 Å². The number of carbonyl (C=O) groups is 3. The summed E-state index contributed by atoms with van der Waals surface area (Å²) in [6.45, 7) is 5.71. The number of aromatic hydroxyl groups is 1. The Hall–Kier alpha value is -3.33. The number of hydrogen-bond donors (Lipinski definition) is 6. The minimum atomic E-state index is -2.59. The van der Waals surface area contributed by atoms with E-state index in [2.05, 4.69) is 12.2 Å². The molecule has 0 saturated heterocycles. The van der Waals surface area contributed by atoms with E-state index in [4.69, 9.17) is 5.73 Å². The molecular formula is C29H36N2O7. The van der Waals surface area contributed by atoms with Crippen molar-refractivity contribution in [2.75, 3.05) is 5.32 Å². The molecule has 9 nitrogen and oxygen atoms in total. The number of primary amides is 1. The van der Waals surface area contributed by atoms with E-state index in [0.717, 1.165) is 25.7 Å². The van der Waals surface area contributed by atoms with Crippen molar-refractivity contribution >= 4 is 28.9 Å². The number of carbonyl (C=O) groups excluding carboxylic acids is 3. The van der Waals surface area contributed by atoms with E-state index < -0.39 is 57.9 Å².